The van der Waals surface area contributed by atoms with E-state index in [1.807, 2.05) is 30.5 Å². The SMILES string of the molecule is COc1ccc(CCNC(=O)c2cncc(N3CCC(C)CC3)c2)cc1OC. The van der Waals surface area contributed by atoms with Crippen molar-refractivity contribution in [3.63, 3.8) is 0 Å². The maximum Gasteiger partial charge on any atom is 0.252 e. The number of aromatic nitrogens is 1. The van der Waals surface area contributed by atoms with Gasteiger partial charge in [0.05, 0.1) is 31.7 Å². The molecular weight excluding hydrogens is 354 g/mol. The van der Waals surface area contributed by atoms with E-state index in [-0.39, 0.29) is 5.91 Å². The van der Waals surface area contributed by atoms with Crippen LogP contribution in [-0.2, 0) is 6.42 Å². The highest BCUT2D eigenvalue weighted by Gasteiger charge is 2.17. The molecule has 150 valence electrons. The Morgan fingerprint density at radius 2 is 1.89 bits per heavy atom. The highest BCUT2D eigenvalue weighted by atomic mass is 16.5. The molecule has 0 atom stereocenters. The molecule has 0 aliphatic carbocycles. The first-order chi connectivity index (χ1) is 13.6. The van der Waals surface area contributed by atoms with Crippen molar-refractivity contribution in [2.24, 2.45) is 5.92 Å². The summed E-state index contributed by atoms with van der Waals surface area (Å²) in [4.78, 5) is 19.1. The van der Waals surface area contributed by atoms with E-state index in [0.717, 1.165) is 30.3 Å². The van der Waals surface area contributed by atoms with Crippen LogP contribution < -0.4 is 19.7 Å². The van der Waals surface area contributed by atoms with Crippen LogP contribution in [0.4, 0.5) is 5.69 Å². The molecule has 3 rings (SSSR count). The van der Waals surface area contributed by atoms with Crippen LogP contribution in [0.5, 0.6) is 11.5 Å². The Hall–Kier alpha value is -2.76. The Kier molecular flexibility index (Phi) is 6.74. The zero-order valence-corrected chi connectivity index (χ0v) is 16.9. The van der Waals surface area contributed by atoms with E-state index >= 15 is 0 Å². The molecule has 2 heterocycles. The first-order valence-corrected chi connectivity index (χ1v) is 9.80. The van der Waals surface area contributed by atoms with Gasteiger partial charge in [0, 0.05) is 25.8 Å². The van der Waals surface area contributed by atoms with E-state index in [2.05, 4.69) is 22.1 Å². The topological polar surface area (TPSA) is 63.7 Å². The normalized spacial score (nSPS) is 14.6. The Bertz CT molecular complexity index is 801. The number of carbonyl (C=O) groups excluding carboxylic acids is 1. The van der Waals surface area contributed by atoms with Crippen LogP contribution in [0.2, 0.25) is 0 Å². The first-order valence-electron chi connectivity index (χ1n) is 9.80. The molecule has 0 radical (unpaired) electrons. The summed E-state index contributed by atoms with van der Waals surface area (Å²) >= 11 is 0. The van der Waals surface area contributed by atoms with Crippen molar-refractivity contribution in [3.05, 3.63) is 47.8 Å². The number of ether oxygens (including phenoxy) is 2. The number of methoxy groups -OCH3 is 2. The van der Waals surface area contributed by atoms with Gasteiger partial charge in [0.15, 0.2) is 11.5 Å². The van der Waals surface area contributed by atoms with Crippen molar-refractivity contribution in [2.75, 3.05) is 38.8 Å². The molecule has 2 aromatic rings. The second-order valence-corrected chi connectivity index (χ2v) is 7.30. The third-order valence-corrected chi connectivity index (χ3v) is 5.28. The largest absolute Gasteiger partial charge is 0.493 e. The quantitative estimate of drug-likeness (QED) is 0.795. The fourth-order valence-electron chi connectivity index (χ4n) is 3.45. The summed E-state index contributed by atoms with van der Waals surface area (Å²) in [6.45, 7) is 4.87. The van der Waals surface area contributed by atoms with Gasteiger partial charge < -0.3 is 19.7 Å². The molecule has 1 saturated heterocycles. The Morgan fingerprint density at radius 3 is 2.61 bits per heavy atom. The first kappa shape index (κ1) is 20.0. The van der Waals surface area contributed by atoms with Crippen molar-refractivity contribution in [2.45, 2.75) is 26.2 Å². The van der Waals surface area contributed by atoms with Crippen LogP contribution in [0.3, 0.4) is 0 Å². The van der Waals surface area contributed by atoms with E-state index < -0.39 is 0 Å². The number of nitrogens with zero attached hydrogens (tertiary/aromatic N) is 2. The molecule has 1 fully saturated rings. The van der Waals surface area contributed by atoms with Crippen LogP contribution >= 0.6 is 0 Å². The number of piperidine rings is 1. The highest BCUT2D eigenvalue weighted by molar-refractivity contribution is 5.94. The van der Waals surface area contributed by atoms with E-state index in [1.54, 1.807) is 20.4 Å². The van der Waals surface area contributed by atoms with E-state index in [0.29, 0.717) is 30.0 Å². The smallest absolute Gasteiger partial charge is 0.252 e. The number of hydrogen-bond donors (Lipinski definition) is 1. The predicted molar refractivity (Wildman–Crippen MR) is 110 cm³/mol. The van der Waals surface area contributed by atoms with Gasteiger partial charge in [-0.25, -0.2) is 0 Å². The molecule has 1 aromatic carbocycles. The summed E-state index contributed by atoms with van der Waals surface area (Å²) in [5, 5.41) is 2.98. The van der Waals surface area contributed by atoms with Gasteiger partial charge >= 0.3 is 0 Å². The molecule has 1 aliphatic heterocycles. The second kappa shape index (κ2) is 9.44. The molecule has 1 N–H and O–H groups in total. The number of carbonyl (C=O) groups is 1. The van der Waals surface area contributed by atoms with Gasteiger partial charge in [-0.15, -0.1) is 0 Å². The lowest BCUT2D eigenvalue weighted by atomic mass is 9.99. The van der Waals surface area contributed by atoms with Gasteiger partial charge in [0.1, 0.15) is 0 Å². The molecule has 1 aliphatic rings. The lowest BCUT2D eigenvalue weighted by molar-refractivity contribution is 0.0954. The van der Waals surface area contributed by atoms with Crippen molar-refractivity contribution < 1.29 is 14.3 Å². The van der Waals surface area contributed by atoms with Gasteiger partial charge in [-0.3, -0.25) is 9.78 Å². The van der Waals surface area contributed by atoms with E-state index in [1.165, 1.54) is 12.8 Å². The Morgan fingerprint density at radius 1 is 1.14 bits per heavy atom. The molecule has 1 amide bonds. The number of nitrogens with one attached hydrogen (secondary N) is 1. The number of pyridine rings is 1. The highest BCUT2D eigenvalue weighted by Crippen LogP contribution is 2.27. The lowest BCUT2D eigenvalue weighted by Gasteiger charge is -2.32. The minimum absolute atomic E-state index is 0.0970. The maximum atomic E-state index is 12.5. The Labute approximate surface area is 166 Å². The summed E-state index contributed by atoms with van der Waals surface area (Å²) in [6, 6.07) is 7.73. The van der Waals surface area contributed by atoms with Gasteiger partial charge in [0.25, 0.3) is 5.91 Å². The van der Waals surface area contributed by atoms with Crippen molar-refractivity contribution in [1.82, 2.24) is 10.3 Å². The molecule has 28 heavy (non-hydrogen) atoms. The van der Waals surface area contributed by atoms with Crippen LogP contribution in [0.25, 0.3) is 0 Å². The number of rotatable bonds is 7. The number of anilines is 1. The lowest BCUT2D eigenvalue weighted by Crippen LogP contribution is -2.33. The minimum Gasteiger partial charge on any atom is -0.493 e. The van der Waals surface area contributed by atoms with Gasteiger partial charge in [-0.1, -0.05) is 13.0 Å². The minimum atomic E-state index is -0.0970. The van der Waals surface area contributed by atoms with Crippen molar-refractivity contribution in [3.8, 4) is 11.5 Å². The fraction of sp³-hybridized carbons (Fsp3) is 0.455. The molecule has 0 spiro atoms. The number of hydrogen-bond acceptors (Lipinski definition) is 5. The van der Waals surface area contributed by atoms with Crippen LogP contribution in [0, 0.1) is 5.92 Å². The Balaban J connectivity index is 1.56. The summed E-state index contributed by atoms with van der Waals surface area (Å²) < 4.78 is 10.6. The molecular formula is C22H29N3O3. The van der Waals surface area contributed by atoms with Crippen LogP contribution in [0.1, 0.15) is 35.7 Å². The molecule has 0 unspecified atom stereocenters. The third-order valence-electron chi connectivity index (χ3n) is 5.28. The van der Waals surface area contributed by atoms with Crippen molar-refractivity contribution in [1.29, 1.82) is 0 Å². The van der Waals surface area contributed by atoms with Gasteiger partial charge in [-0.2, -0.15) is 0 Å². The summed E-state index contributed by atoms with van der Waals surface area (Å²) in [5.74, 6) is 2.07. The predicted octanol–water partition coefficient (Wildman–Crippen LogP) is 3.31. The molecule has 0 bridgehead atoms. The molecule has 1 aromatic heterocycles. The zero-order chi connectivity index (χ0) is 19.9. The summed E-state index contributed by atoms with van der Waals surface area (Å²) in [5.41, 5.74) is 2.70. The van der Waals surface area contributed by atoms with Crippen LogP contribution in [-0.4, -0.2) is 44.7 Å². The molecule has 6 nitrogen and oxygen atoms in total. The average Bonchev–Trinajstić information content (AvgIpc) is 2.74. The molecule has 0 saturated carbocycles. The zero-order valence-electron chi connectivity index (χ0n) is 16.9. The van der Waals surface area contributed by atoms with Gasteiger partial charge in [-0.05, 0) is 48.9 Å². The van der Waals surface area contributed by atoms with Crippen molar-refractivity contribution >= 4 is 11.6 Å². The average molecular weight is 383 g/mol. The number of benzene rings is 1. The van der Waals surface area contributed by atoms with Gasteiger partial charge in [0.2, 0.25) is 0 Å². The summed E-state index contributed by atoms with van der Waals surface area (Å²) in [7, 11) is 3.23. The second-order valence-electron chi connectivity index (χ2n) is 7.30. The summed E-state index contributed by atoms with van der Waals surface area (Å²) in [6.07, 6.45) is 6.55. The van der Waals surface area contributed by atoms with Crippen LogP contribution in [0.15, 0.2) is 36.7 Å². The fourth-order valence-corrected chi connectivity index (χ4v) is 3.45. The maximum absolute atomic E-state index is 12.5. The number of amides is 1. The monoisotopic (exact) mass is 383 g/mol. The van der Waals surface area contributed by atoms with E-state index in [4.69, 9.17) is 9.47 Å². The van der Waals surface area contributed by atoms with E-state index in [9.17, 15) is 4.79 Å². The third kappa shape index (κ3) is 4.94. The molecule has 6 heteroatoms. The standard InChI is InChI=1S/C22H29N3O3/c1-16-7-10-25(11-8-16)19-13-18(14-23-15-19)22(26)24-9-6-17-4-5-20(27-2)21(12-17)28-3/h4-5,12-16H,6-11H2,1-3H3,(H,24,26).